The molecule has 1 atom stereocenters. The number of hydrogen-bond donors (Lipinski definition) is 2. The first-order valence-electron chi connectivity index (χ1n) is 4.67. The zero-order valence-corrected chi connectivity index (χ0v) is 7.97. The first kappa shape index (κ1) is 11.3. The SMILES string of the molecule is CCCCC(CC)CNC(=O)O. The van der Waals surface area contributed by atoms with Crippen LogP contribution in [0.5, 0.6) is 0 Å². The number of amides is 1. The quantitative estimate of drug-likeness (QED) is 0.648. The van der Waals surface area contributed by atoms with E-state index < -0.39 is 6.09 Å². The van der Waals surface area contributed by atoms with Gasteiger partial charge in [0, 0.05) is 6.54 Å². The van der Waals surface area contributed by atoms with Crippen LogP contribution in [0.2, 0.25) is 0 Å². The maximum Gasteiger partial charge on any atom is 0.404 e. The minimum absolute atomic E-state index is 0.515. The van der Waals surface area contributed by atoms with Crippen molar-refractivity contribution in [2.45, 2.75) is 39.5 Å². The number of nitrogens with one attached hydrogen (secondary N) is 1. The van der Waals surface area contributed by atoms with Crippen LogP contribution in [0.4, 0.5) is 4.79 Å². The van der Waals surface area contributed by atoms with Gasteiger partial charge in [-0.3, -0.25) is 0 Å². The molecule has 12 heavy (non-hydrogen) atoms. The van der Waals surface area contributed by atoms with Crippen LogP contribution in [0.15, 0.2) is 0 Å². The topological polar surface area (TPSA) is 49.3 Å². The second kappa shape index (κ2) is 6.95. The Labute approximate surface area is 74.2 Å². The Morgan fingerprint density at radius 3 is 2.58 bits per heavy atom. The third-order valence-electron chi connectivity index (χ3n) is 2.09. The van der Waals surface area contributed by atoms with E-state index in [9.17, 15) is 4.79 Å². The van der Waals surface area contributed by atoms with Crippen LogP contribution in [0, 0.1) is 5.92 Å². The summed E-state index contributed by atoms with van der Waals surface area (Å²) in [5.74, 6) is 0.515. The number of rotatable bonds is 6. The summed E-state index contributed by atoms with van der Waals surface area (Å²) in [5, 5.41) is 10.8. The predicted octanol–water partition coefficient (Wildman–Crippen LogP) is 2.47. The minimum atomic E-state index is -0.912. The van der Waals surface area contributed by atoms with Crippen molar-refractivity contribution >= 4 is 6.09 Å². The molecule has 0 aromatic carbocycles. The molecular weight excluding hydrogens is 154 g/mol. The lowest BCUT2D eigenvalue weighted by Gasteiger charge is -2.13. The monoisotopic (exact) mass is 173 g/mol. The van der Waals surface area contributed by atoms with Crippen molar-refractivity contribution in [1.29, 1.82) is 0 Å². The van der Waals surface area contributed by atoms with Crippen LogP contribution >= 0.6 is 0 Å². The molecule has 1 amide bonds. The van der Waals surface area contributed by atoms with Gasteiger partial charge in [0.1, 0.15) is 0 Å². The van der Waals surface area contributed by atoms with Gasteiger partial charge in [-0.15, -0.1) is 0 Å². The highest BCUT2D eigenvalue weighted by Crippen LogP contribution is 2.10. The highest BCUT2D eigenvalue weighted by molar-refractivity contribution is 5.64. The normalized spacial score (nSPS) is 12.5. The molecule has 0 aliphatic heterocycles. The Balaban J connectivity index is 3.45. The van der Waals surface area contributed by atoms with Gasteiger partial charge < -0.3 is 10.4 Å². The van der Waals surface area contributed by atoms with Gasteiger partial charge in [-0.1, -0.05) is 33.1 Å². The molecule has 0 aromatic rings. The summed E-state index contributed by atoms with van der Waals surface area (Å²) in [6.45, 7) is 4.85. The zero-order valence-electron chi connectivity index (χ0n) is 7.97. The Morgan fingerprint density at radius 1 is 1.50 bits per heavy atom. The first-order valence-corrected chi connectivity index (χ1v) is 4.67. The molecular formula is C9H19NO2. The van der Waals surface area contributed by atoms with Crippen LogP contribution in [0.1, 0.15) is 39.5 Å². The van der Waals surface area contributed by atoms with E-state index in [4.69, 9.17) is 5.11 Å². The number of carbonyl (C=O) groups is 1. The van der Waals surface area contributed by atoms with Crippen molar-refractivity contribution in [2.24, 2.45) is 5.92 Å². The van der Waals surface area contributed by atoms with Crippen molar-refractivity contribution < 1.29 is 9.90 Å². The van der Waals surface area contributed by atoms with Crippen molar-refractivity contribution in [1.82, 2.24) is 5.32 Å². The average molecular weight is 173 g/mol. The largest absolute Gasteiger partial charge is 0.465 e. The highest BCUT2D eigenvalue weighted by atomic mass is 16.4. The fourth-order valence-electron chi connectivity index (χ4n) is 1.17. The van der Waals surface area contributed by atoms with E-state index in [0.717, 1.165) is 12.8 Å². The van der Waals surface area contributed by atoms with Crippen LogP contribution in [-0.4, -0.2) is 17.7 Å². The number of unbranched alkanes of at least 4 members (excludes halogenated alkanes) is 1. The molecule has 0 aliphatic carbocycles. The molecule has 0 spiro atoms. The van der Waals surface area contributed by atoms with Crippen molar-refractivity contribution in [3.05, 3.63) is 0 Å². The molecule has 0 saturated heterocycles. The minimum Gasteiger partial charge on any atom is -0.465 e. The molecule has 0 saturated carbocycles. The maximum atomic E-state index is 10.2. The zero-order chi connectivity index (χ0) is 9.40. The standard InChI is InChI=1S/C9H19NO2/c1-3-5-6-8(4-2)7-10-9(11)12/h8,10H,3-7H2,1-2H3,(H,11,12). The third-order valence-corrected chi connectivity index (χ3v) is 2.09. The van der Waals surface area contributed by atoms with E-state index in [0.29, 0.717) is 12.5 Å². The highest BCUT2D eigenvalue weighted by Gasteiger charge is 2.06. The van der Waals surface area contributed by atoms with E-state index in [1.165, 1.54) is 12.8 Å². The van der Waals surface area contributed by atoms with Crippen LogP contribution in [-0.2, 0) is 0 Å². The average Bonchev–Trinajstić information content (AvgIpc) is 2.05. The Bertz CT molecular complexity index is 126. The lowest BCUT2D eigenvalue weighted by Crippen LogP contribution is -2.27. The molecule has 3 heteroatoms. The third kappa shape index (κ3) is 6.01. The molecule has 0 fully saturated rings. The Morgan fingerprint density at radius 2 is 2.17 bits per heavy atom. The molecule has 3 nitrogen and oxygen atoms in total. The molecule has 2 N–H and O–H groups in total. The summed E-state index contributed by atoms with van der Waals surface area (Å²) in [6, 6.07) is 0. The predicted molar refractivity (Wildman–Crippen MR) is 49.3 cm³/mol. The smallest absolute Gasteiger partial charge is 0.404 e. The van der Waals surface area contributed by atoms with Crippen LogP contribution < -0.4 is 5.32 Å². The molecule has 0 heterocycles. The number of carboxylic acid groups (broad SMARTS) is 1. The summed E-state index contributed by atoms with van der Waals surface area (Å²) in [5.41, 5.74) is 0. The molecule has 0 aromatic heterocycles. The first-order chi connectivity index (χ1) is 5.70. The molecule has 0 radical (unpaired) electrons. The van der Waals surface area contributed by atoms with Crippen molar-refractivity contribution in [3.8, 4) is 0 Å². The lowest BCUT2D eigenvalue weighted by atomic mass is 10.00. The number of hydrogen-bond acceptors (Lipinski definition) is 1. The summed E-state index contributed by atoms with van der Waals surface area (Å²) < 4.78 is 0. The lowest BCUT2D eigenvalue weighted by molar-refractivity contribution is 0.191. The molecule has 0 bridgehead atoms. The summed E-state index contributed by atoms with van der Waals surface area (Å²) in [4.78, 5) is 10.2. The van der Waals surface area contributed by atoms with Gasteiger partial charge in [0.2, 0.25) is 0 Å². The summed E-state index contributed by atoms with van der Waals surface area (Å²) in [7, 11) is 0. The summed E-state index contributed by atoms with van der Waals surface area (Å²) in [6.07, 6.45) is 3.65. The summed E-state index contributed by atoms with van der Waals surface area (Å²) >= 11 is 0. The van der Waals surface area contributed by atoms with Gasteiger partial charge in [0.15, 0.2) is 0 Å². The van der Waals surface area contributed by atoms with Gasteiger partial charge in [-0.25, -0.2) is 4.79 Å². The van der Waals surface area contributed by atoms with Gasteiger partial charge in [0.25, 0.3) is 0 Å². The van der Waals surface area contributed by atoms with Gasteiger partial charge >= 0.3 is 6.09 Å². The van der Waals surface area contributed by atoms with E-state index in [1.807, 2.05) is 0 Å². The van der Waals surface area contributed by atoms with E-state index in [-0.39, 0.29) is 0 Å². The Hall–Kier alpha value is -0.730. The van der Waals surface area contributed by atoms with Crippen LogP contribution in [0.3, 0.4) is 0 Å². The van der Waals surface area contributed by atoms with Crippen LogP contribution in [0.25, 0.3) is 0 Å². The second-order valence-electron chi connectivity index (χ2n) is 3.10. The van der Waals surface area contributed by atoms with Crippen molar-refractivity contribution in [2.75, 3.05) is 6.54 Å². The van der Waals surface area contributed by atoms with Gasteiger partial charge in [0.05, 0.1) is 0 Å². The maximum absolute atomic E-state index is 10.2. The molecule has 0 rings (SSSR count). The molecule has 72 valence electrons. The second-order valence-corrected chi connectivity index (χ2v) is 3.10. The fourth-order valence-corrected chi connectivity index (χ4v) is 1.17. The molecule has 1 unspecified atom stereocenters. The van der Waals surface area contributed by atoms with E-state index in [2.05, 4.69) is 19.2 Å². The van der Waals surface area contributed by atoms with Crippen molar-refractivity contribution in [3.63, 3.8) is 0 Å². The van der Waals surface area contributed by atoms with Gasteiger partial charge in [-0.05, 0) is 12.3 Å². The fraction of sp³-hybridized carbons (Fsp3) is 0.889. The van der Waals surface area contributed by atoms with E-state index in [1.54, 1.807) is 0 Å². The molecule has 0 aliphatic rings. The van der Waals surface area contributed by atoms with Gasteiger partial charge in [-0.2, -0.15) is 0 Å². The Kier molecular flexibility index (Phi) is 6.53. The van der Waals surface area contributed by atoms with E-state index >= 15 is 0 Å².